The second-order valence-electron chi connectivity index (χ2n) is 4.96. The highest BCUT2D eigenvalue weighted by Crippen LogP contribution is 2.21. The van der Waals surface area contributed by atoms with Crippen LogP contribution in [-0.4, -0.2) is 22.9 Å². The summed E-state index contributed by atoms with van der Waals surface area (Å²) in [4.78, 5) is 0. The first-order chi connectivity index (χ1) is 9.52. The van der Waals surface area contributed by atoms with Gasteiger partial charge < -0.3 is 5.32 Å². The minimum atomic E-state index is -0.165. The van der Waals surface area contributed by atoms with E-state index in [4.69, 9.17) is 11.6 Å². The average molecular weight is 296 g/mol. The van der Waals surface area contributed by atoms with E-state index in [1.54, 1.807) is 10.7 Å². The molecule has 20 heavy (non-hydrogen) atoms. The van der Waals surface area contributed by atoms with Gasteiger partial charge in [-0.15, -0.1) is 0 Å². The van der Waals surface area contributed by atoms with Crippen LogP contribution in [-0.2, 0) is 19.9 Å². The van der Waals surface area contributed by atoms with E-state index in [1.807, 2.05) is 33.2 Å². The number of aromatic nitrogens is 2. The van der Waals surface area contributed by atoms with Crippen LogP contribution in [0.4, 0.5) is 4.39 Å². The van der Waals surface area contributed by atoms with Crippen molar-refractivity contribution in [1.82, 2.24) is 15.1 Å². The molecule has 0 saturated carbocycles. The molecule has 0 amide bonds. The third kappa shape index (κ3) is 3.19. The first-order valence-electron chi connectivity index (χ1n) is 6.61. The lowest BCUT2D eigenvalue weighted by Gasteiger charge is -2.16. The summed E-state index contributed by atoms with van der Waals surface area (Å²) in [7, 11) is 3.70. The quantitative estimate of drug-likeness (QED) is 0.919. The number of aryl methyl sites for hydroxylation is 2. The number of likely N-dealkylation sites (N-methyl/N-ethyl adjacent to an activating group) is 1. The van der Waals surface area contributed by atoms with Crippen molar-refractivity contribution in [3.63, 3.8) is 0 Å². The Balaban J connectivity index is 2.15. The second kappa shape index (κ2) is 6.37. The van der Waals surface area contributed by atoms with Crippen molar-refractivity contribution >= 4 is 11.6 Å². The third-order valence-electron chi connectivity index (χ3n) is 3.55. The lowest BCUT2D eigenvalue weighted by molar-refractivity contribution is 0.531. The smallest absolute Gasteiger partial charge is 0.130 e. The molecule has 1 N–H and O–H groups in total. The molecule has 0 aliphatic carbocycles. The van der Waals surface area contributed by atoms with E-state index in [-0.39, 0.29) is 11.9 Å². The van der Waals surface area contributed by atoms with E-state index in [1.165, 1.54) is 6.07 Å². The van der Waals surface area contributed by atoms with Crippen molar-refractivity contribution in [3.8, 4) is 0 Å². The standard InChI is InChI=1S/C15H19ClFN3/c1-10-13(15(16)20(3)19-10)9-12(18-2)8-11-6-4-5-7-14(11)17/h4-7,12,18H,8-9H2,1-3H3. The molecule has 1 heterocycles. The second-order valence-corrected chi connectivity index (χ2v) is 5.32. The summed E-state index contributed by atoms with van der Waals surface area (Å²) in [5, 5.41) is 8.18. The molecule has 1 aromatic carbocycles. The molecule has 0 spiro atoms. The van der Waals surface area contributed by atoms with Gasteiger partial charge >= 0.3 is 0 Å². The fraction of sp³-hybridized carbons (Fsp3) is 0.400. The number of halogens is 2. The van der Waals surface area contributed by atoms with Crippen molar-refractivity contribution < 1.29 is 4.39 Å². The predicted molar refractivity (Wildman–Crippen MR) is 79.6 cm³/mol. The van der Waals surface area contributed by atoms with E-state index in [0.717, 1.165) is 17.7 Å². The Morgan fingerprint density at radius 3 is 2.60 bits per heavy atom. The lowest BCUT2D eigenvalue weighted by Crippen LogP contribution is -2.30. The van der Waals surface area contributed by atoms with Gasteiger partial charge in [0.1, 0.15) is 11.0 Å². The molecular formula is C15H19ClFN3. The van der Waals surface area contributed by atoms with E-state index >= 15 is 0 Å². The van der Waals surface area contributed by atoms with Crippen LogP contribution in [0.1, 0.15) is 16.8 Å². The number of hydrogen-bond donors (Lipinski definition) is 1. The van der Waals surface area contributed by atoms with Gasteiger partial charge in [0, 0.05) is 18.7 Å². The molecule has 0 saturated heterocycles. The summed E-state index contributed by atoms with van der Waals surface area (Å²) in [5.41, 5.74) is 2.65. The normalized spacial score (nSPS) is 12.7. The number of hydrogen-bond acceptors (Lipinski definition) is 2. The topological polar surface area (TPSA) is 29.9 Å². The maximum absolute atomic E-state index is 13.7. The van der Waals surface area contributed by atoms with Crippen molar-refractivity contribution in [3.05, 3.63) is 52.1 Å². The van der Waals surface area contributed by atoms with Crippen LogP contribution >= 0.6 is 11.6 Å². The van der Waals surface area contributed by atoms with Crippen LogP contribution in [0, 0.1) is 12.7 Å². The molecule has 0 bridgehead atoms. The van der Waals surface area contributed by atoms with Crippen LogP contribution < -0.4 is 5.32 Å². The molecule has 0 aliphatic heterocycles. The highest BCUT2D eigenvalue weighted by atomic mass is 35.5. The maximum atomic E-state index is 13.7. The SMILES string of the molecule is CNC(Cc1ccccc1F)Cc1c(C)nn(C)c1Cl. The van der Waals surface area contributed by atoms with E-state index in [0.29, 0.717) is 17.1 Å². The molecule has 5 heteroatoms. The van der Waals surface area contributed by atoms with Gasteiger partial charge in [-0.25, -0.2) is 4.39 Å². The number of nitrogens with zero attached hydrogens (tertiary/aromatic N) is 2. The minimum absolute atomic E-state index is 0.118. The zero-order valence-corrected chi connectivity index (χ0v) is 12.7. The third-order valence-corrected chi connectivity index (χ3v) is 4.03. The van der Waals surface area contributed by atoms with Gasteiger partial charge in [-0.1, -0.05) is 29.8 Å². The number of rotatable bonds is 5. The van der Waals surface area contributed by atoms with Crippen LogP contribution in [0.15, 0.2) is 24.3 Å². The minimum Gasteiger partial charge on any atom is -0.316 e. The van der Waals surface area contributed by atoms with E-state index < -0.39 is 0 Å². The maximum Gasteiger partial charge on any atom is 0.130 e. The first-order valence-corrected chi connectivity index (χ1v) is 6.99. The fourth-order valence-corrected chi connectivity index (χ4v) is 2.61. The summed E-state index contributed by atoms with van der Waals surface area (Å²) in [6.45, 7) is 1.94. The molecule has 0 aliphatic rings. The van der Waals surface area contributed by atoms with Crippen molar-refractivity contribution in [2.75, 3.05) is 7.05 Å². The summed E-state index contributed by atoms with van der Waals surface area (Å²) < 4.78 is 15.4. The van der Waals surface area contributed by atoms with Gasteiger partial charge in [-0.05, 0) is 38.4 Å². The Kier molecular flexibility index (Phi) is 4.78. The van der Waals surface area contributed by atoms with Crippen LogP contribution in [0.5, 0.6) is 0 Å². The monoisotopic (exact) mass is 295 g/mol. The zero-order chi connectivity index (χ0) is 14.7. The summed E-state index contributed by atoms with van der Waals surface area (Å²) in [5.74, 6) is -0.165. The van der Waals surface area contributed by atoms with Gasteiger partial charge in [0.25, 0.3) is 0 Å². The summed E-state index contributed by atoms with van der Waals surface area (Å²) in [6.07, 6.45) is 1.34. The lowest BCUT2D eigenvalue weighted by atomic mass is 9.99. The molecule has 2 rings (SSSR count). The predicted octanol–water partition coefficient (Wildman–Crippen LogP) is 2.89. The molecule has 1 atom stereocenters. The Morgan fingerprint density at radius 2 is 2.05 bits per heavy atom. The van der Waals surface area contributed by atoms with Crippen LogP contribution in [0.3, 0.4) is 0 Å². The van der Waals surface area contributed by atoms with Gasteiger partial charge in [0.15, 0.2) is 0 Å². The Hall–Kier alpha value is -1.39. The van der Waals surface area contributed by atoms with Crippen LogP contribution in [0.2, 0.25) is 5.15 Å². The fourth-order valence-electron chi connectivity index (χ4n) is 2.36. The molecular weight excluding hydrogens is 277 g/mol. The highest BCUT2D eigenvalue weighted by Gasteiger charge is 2.17. The molecule has 3 nitrogen and oxygen atoms in total. The summed E-state index contributed by atoms with van der Waals surface area (Å²) >= 11 is 6.25. The molecule has 2 aromatic rings. The van der Waals surface area contributed by atoms with Crippen molar-refractivity contribution in [1.29, 1.82) is 0 Å². The molecule has 108 valence electrons. The molecule has 1 aromatic heterocycles. The van der Waals surface area contributed by atoms with Gasteiger partial charge in [0.2, 0.25) is 0 Å². The van der Waals surface area contributed by atoms with E-state index in [9.17, 15) is 4.39 Å². The first kappa shape index (κ1) is 15.0. The number of nitrogens with one attached hydrogen (secondary N) is 1. The van der Waals surface area contributed by atoms with Crippen LogP contribution in [0.25, 0.3) is 0 Å². The van der Waals surface area contributed by atoms with Gasteiger partial charge in [-0.2, -0.15) is 5.10 Å². The Labute approximate surface area is 123 Å². The zero-order valence-electron chi connectivity index (χ0n) is 12.0. The largest absolute Gasteiger partial charge is 0.316 e. The average Bonchev–Trinajstić information content (AvgIpc) is 2.66. The summed E-state index contributed by atoms with van der Waals surface area (Å²) in [6, 6.07) is 6.98. The molecule has 1 unspecified atom stereocenters. The van der Waals surface area contributed by atoms with E-state index in [2.05, 4.69) is 10.4 Å². The highest BCUT2D eigenvalue weighted by molar-refractivity contribution is 6.30. The van der Waals surface area contributed by atoms with Gasteiger partial charge in [0.05, 0.1) is 5.69 Å². The van der Waals surface area contributed by atoms with Crippen molar-refractivity contribution in [2.45, 2.75) is 25.8 Å². The Bertz CT molecular complexity index is 595. The molecule has 0 fully saturated rings. The Morgan fingerprint density at radius 1 is 1.35 bits per heavy atom. The van der Waals surface area contributed by atoms with Crippen molar-refractivity contribution in [2.24, 2.45) is 7.05 Å². The molecule has 0 radical (unpaired) electrons. The number of benzene rings is 1. The van der Waals surface area contributed by atoms with Gasteiger partial charge in [-0.3, -0.25) is 4.68 Å².